The fraction of sp³-hybridized carbons (Fsp3) is 0.167. The molecule has 0 aliphatic carbocycles. The first kappa shape index (κ1) is 16.1. The van der Waals surface area contributed by atoms with Gasteiger partial charge in [-0.1, -0.05) is 24.3 Å². The van der Waals surface area contributed by atoms with Gasteiger partial charge in [0.1, 0.15) is 6.54 Å². The minimum Gasteiger partial charge on any atom is -0.332 e. The lowest BCUT2D eigenvalue weighted by atomic mass is 10.2. The van der Waals surface area contributed by atoms with Crippen LogP contribution in [-0.2, 0) is 17.9 Å². The maximum atomic E-state index is 12.6. The molecule has 3 rings (SSSR count). The van der Waals surface area contributed by atoms with E-state index in [0.29, 0.717) is 24.0 Å². The average Bonchev–Trinajstić information content (AvgIpc) is 3.10. The van der Waals surface area contributed by atoms with Crippen molar-refractivity contribution in [2.45, 2.75) is 13.1 Å². The molecule has 0 bridgehead atoms. The molecule has 0 N–H and O–H groups in total. The van der Waals surface area contributed by atoms with E-state index in [0.717, 1.165) is 4.88 Å². The van der Waals surface area contributed by atoms with Crippen LogP contribution in [0.4, 0.5) is 0 Å². The zero-order valence-corrected chi connectivity index (χ0v) is 13.9. The molecule has 0 saturated heterocycles. The highest BCUT2D eigenvalue weighted by atomic mass is 32.1. The van der Waals surface area contributed by atoms with Gasteiger partial charge in [-0.25, -0.2) is 4.98 Å². The molecule has 122 valence electrons. The molecule has 0 aliphatic rings. The molecule has 1 aromatic carbocycles. The summed E-state index contributed by atoms with van der Waals surface area (Å²) < 4.78 is 1.36. The molecule has 0 spiro atoms. The second kappa shape index (κ2) is 7.23. The predicted molar refractivity (Wildman–Crippen MR) is 95.9 cm³/mol. The number of hydrogen-bond acceptors (Lipinski definition) is 4. The number of rotatable bonds is 6. The van der Waals surface area contributed by atoms with Gasteiger partial charge in [0.2, 0.25) is 5.91 Å². The van der Waals surface area contributed by atoms with Crippen LogP contribution in [0.2, 0.25) is 0 Å². The fourth-order valence-electron chi connectivity index (χ4n) is 2.47. The first-order valence-corrected chi connectivity index (χ1v) is 8.42. The zero-order chi connectivity index (χ0) is 16.9. The maximum Gasteiger partial charge on any atom is 0.261 e. The maximum absolute atomic E-state index is 12.6. The largest absolute Gasteiger partial charge is 0.332 e. The SMILES string of the molecule is C=CCN(Cc1cccs1)C(=O)Cn1cnc2ccccc2c1=O. The summed E-state index contributed by atoms with van der Waals surface area (Å²) in [6, 6.07) is 11.1. The molecule has 6 heteroatoms. The van der Waals surface area contributed by atoms with E-state index < -0.39 is 0 Å². The van der Waals surface area contributed by atoms with E-state index in [1.54, 1.807) is 40.5 Å². The van der Waals surface area contributed by atoms with Crippen molar-refractivity contribution in [3.8, 4) is 0 Å². The van der Waals surface area contributed by atoms with E-state index in [1.165, 1.54) is 10.9 Å². The van der Waals surface area contributed by atoms with Gasteiger partial charge in [0.05, 0.1) is 23.8 Å². The normalized spacial score (nSPS) is 10.7. The first-order valence-electron chi connectivity index (χ1n) is 7.54. The molecule has 0 unspecified atom stereocenters. The van der Waals surface area contributed by atoms with Crippen molar-refractivity contribution in [3.63, 3.8) is 0 Å². The third-order valence-corrected chi connectivity index (χ3v) is 4.53. The third-order valence-electron chi connectivity index (χ3n) is 3.67. The lowest BCUT2D eigenvalue weighted by Crippen LogP contribution is -2.36. The Balaban J connectivity index is 1.83. The summed E-state index contributed by atoms with van der Waals surface area (Å²) in [6.07, 6.45) is 3.12. The Bertz CT molecular complexity index is 915. The number of fused-ring (bicyclic) bond motifs is 1. The van der Waals surface area contributed by atoms with E-state index >= 15 is 0 Å². The highest BCUT2D eigenvalue weighted by molar-refractivity contribution is 7.09. The van der Waals surface area contributed by atoms with Crippen molar-refractivity contribution in [3.05, 3.63) is 76.0 Å². The lowest BCUT2D eigenvalue weighted by molar-refractivity contribution is -0.131. The van der Waals surface area contributed by atoms with Gasteiger partial charge >= 0.3 is 0 Å². The standard InChI is InChI=1S/C18H17N3O2S/c1-2-9-20(11-14-6-5-10-24-14)17(22)12-21-13-19-16-8-4-3-7-15(16)18(21)23/h2-8,10,13H,1,9,11-12H2. The molecule has 0 fully saturated rings. The second-order valence-electron chi connectivity index (χ2n) is 5.34. The molecule has 0 saturated carbocycles. The number of carbonyl (C=O) groups is 1. The molecule has 0 aliphatic heterocycles. The van der Waals surface area contributed by atoms with Gasteiger partial charge in [-0.3, -0.25) is 14.2 Å². The molecule has 3 aromatic rings. The van der Waals surface area contributed by atoms with E-state index in [9.17, 15) is 9.59 Å². The summed E-state index contributed by atoms with van der Waals surface area (Å²) in [6.45, 7) is 4.62. The number of thiophene rings is 1. The predicted octanol–water partition coefficient (Wildman–Crippen LogP) is 2.67. The summed E-state index contributed by atoms with van der Waals surface area (Å²) in [4.78, 5) is 32.1. The van der Waals surface area contributed by atoms with Crippen molar-refractivity contribution in [1.82, 2.24) is 14.5 Å². The lowest BCUT2D eigenvalue weighted by Gasteiger charge is -2.21. The highest BCUT2D eigenvalue weighted by Gasteiger charge is 2.15. The number of hydrogen-bond donors (Lipinski definition) is 0. The van der Waals surface area contributed by atoms with Gasteiger partial charge in [-0.05, 0) is 23.6 Å². The zero-order valence-electron chi connectivity index (χ0n) is 13.1. The Morgan fingerprint density at radius 3 is 2.88 bits per heavy atom. The Morgan fingerprint density at radius 1 is 1.29 bits per heavy atom. The summed E-state index contributed by atoms with van der Waals surface area (Å²) in [5.74, 6) is -0.137. The summed E-state index contributed by atoms with van der Waals surface area (Å²) in [5.41, 5.74) is 0.427. The van der Waals surface area contributed by atoms with Gasteiger partial charge in [-0.2, -0.15) is 0 Å². The molecular weight excluding hydrogens is 322 g/mol. The van der Waals surface area contributed by atoms with Crippen LogP contribution in [-0.4, -0.2) is 26.9 Å². The monoisotopic (exact) mass is 339 g/mol. The van der Waals surface area contributed by atoms with Crippen LogP contribution >= 0.6 is 11.3 Å². The van der Waals surface area contributed by atoms with Gasteiger partial charge in [0, 0.05) is 11.4 Å². The Kier molecular flexibility index (Phi) is 4.86. The minimum absolute atomic E-state index is 0.0319. The van der Waals surface area contributed by atoms with Crippen LogP contribution in [0.5, 0.6) is 0 Å². The number of nitrogens with zero attached hydrogens (tertiary/aromatic N) is 3. The first-order chi connectivity index (χ1) is 11.7. The van der Waals surface area contributed by atoms with Crippen LogP contribution in [0.1, 0.15) is 4.88 Å². The average molecular weight is 339 g/mol. The Hall–Kier alpha value is -2.73. The van der Waals surface area contributed by atoms with Gasteiger partial charge in [-0.15, -0.1) is 17.9 Å². The van der Waals surface area contributed by atoms with Crippen molar-refractivity contribution in [1.29, 1.82) is 0 Å². The van der Waals surface area contributed by atoms with Crippen molar-refractivity contribution in [2.75, 3.05) is 6.54 Å². The number of carbonyl (C=O) groups excluding carboxylic acids is 1. The van der Waals surface area contributed by atoms with E-state index in [1.807, 2.05) is 23.6 Å². The quantitative estimate of drug-likeness (QED) is 0.649. The van der Waals surface area contributed by atoms with Crippen LogP contribution in [0.3, 0.4) is 0 Å². The number of benzene rings is 1. The van der Waals surface area contributed by atoms with E-state index in [4.69, 9.17) is 0 Å². The van der Waals surface area contributed by atoms with Crippen LogP contribution in [0.15, 0.2) is 65.6 Å². The minimum atomic E-state index is -0.205. The number of para-hydroxylation sites is 1. The summed E-state index contributed by atoms with van der Waals surface area (Å²) >= 11 is 1.60. The molecule has 5 nitrogen and oxygen atoms in total. The number of aromatic nitrogens is 2. The van der Waals surface area contributed by atoms with Crippen LogP contribution in [0.25, 0.3) is 10.9 Å². The molecule has 0 radical (unpaired) electrons. The van der Waals surface area contributed by atoms with Gasteiger partial charge < -0.3 is 4.90 Å². The van der Waals surface area contributed by atoms with Gasteiger partial charge in [0.25, 0.3) is 5.56 Å². The van der Waals surface area contributed by atoms with Crippen LogP contribution in [0, 0.1) is 0 Å². The molecule has 2 aromatic heterocycles. The van der Waals surface area contributed by atoms with Crippen LogP contribution < -0.4 is 5.56 Å². The summed E-state index contributed by atoms with van der Waals surface area (Å²) in [5, 5.41) is 2.49. The Morgan fingerprint density at radius 2 is 2.12 bits per heavy atom. The van der Waals surface area contributed by atoms with E-state index in [-0.39, 0.29) is 18.0 Å². The molecule has 2 heterocycles. The van der Waals surface area contributed by atoms with Crippen molar-refractivity contribution < 1.29 is 4.79 Å². The molecule has 24 heavy (non-hydrogen) atoms. The molecule has 1 amide bonds. The van der Waals surface area contributed by atoms with Crippen molar-refractivity contribution in [2.24, 2.45) is 0 Å². The van der Waals surface area contributed by atoms with Gasteiger partial charge in [0.15, 0.2) is 0 Å². The Labute approximate surface area is 143 Å². The highest BCUT2D eigenvalue weighted by Crippen LogP contribution is 2.12. The second-order valence-corrected chi connectivity index (χ2v) is 6.37. The van der Waals surface area contributed by atoms with E-state index in [2.05, 4.69) is 11.6 Å². The summed E-state index contributed by atoms with van der Waals surface area (Å²) in [7, 11) is 0. The third kappa shape index (κ3) is 3.44. The molecule has 0 atom stereocenters. The topological polar surface area (TPSA) is 55.2 Å². The molecular formula is C18H17N3O2S. The number of amides is 1. The smallest absolute Gasteiger partial charge is 0.261 e. The fourth-order valence-corrected chi connectivity index (χ4v) is 3.18. The van der Waals surface area contributed by atoms with Crippen molar-refractivity contribution >= 4 is 28.1 Å².